The van der Waals surface area contributed by atoms with Crippen LogP contribution in [0.5, 0.6) is 0 Å². The summed E-state index contributed by atoms with van der Waals surface area (Å²) in [6.07, 6.45) is -7.91. The summed E-state index contributed by atoms with van der Waals surface area (Å²) in [7, 11) is 0. The smallest absolute Gasteiger partial charge is 0.393 e. The van der Waals surface area contributed by atoms with Gasteiger partial charge >= 0.3 is 107 Å². The van der Waals surface area contributed by atoms with E-state index >= 15 is 4.39 Å². The lowest BCUT2D eigenvalue weighted by molar-refractivity contribution is -0.494. The van der Waals surface area contributed by atoms with Gasteiger partial charge < -0.3 is 4.74 Å². The highest BCUT2D eigenvalue weighted by molar-refractivity contribution is 5.87. The Bertz CT molecular complexity index is 1510. The van der Waals surface area contributed by atoms with Gasteiger partial charge in [-0.05, 0) is 6.92 Å². The summed E-state index contributed by atoms with van der Waals surface area (Å²) in [5, 5.41) is 0. The van der Waals surface area contributed by atoms with Crippen LogP contribution in [0.4, 0.5) is 145 Å². The van der Waals surface area contributed by atoms with Gasteiger partial charge in [0.05, 0.1) is 0 Å². The highest BCUT2D eigenvalue weighted by Gasteiger charge is 3.08. The first-order valence-corrected chi connectivity index (χ1v) is 12.2. The molecule has 0 aromatic carbocycles. The second-order valence-electron chi connectivity index (χ2n) is 11.0. The number of esters is 1. The van der Waals surface area contributed by atoms with Gasteiger partial charge in [0.25, 0.3) is 0 Å². The maximum absolute atomic E-state index is 15.2. The van der Waals surface area contributed by atoms with Crippen molar-refractivity contribution in [3.05, 3.63) is 12.2 Å². The first kappa shape index (κ1) is 50.9. The van der Waals surface area contributed by atoms with Crippen molar-refractivity contribution in [1.29, 1.82) is 0 Å². The highest BCUT2D eigenvalue weighted by Crippen LogP contribution is 2.75. The SMILES string of the molecule is C=C(C)C(=O)OC(F)(F)C(F)(F)C(F)(F)C(F)(F)C(F)(F)C(F)(F)C(F)(F)C(F)(F)C1(F)C(F)(F)C(F)(F)C(F)(F)C(F)(F)C(F)(F)C(F)(F)C(F)(F)C1(F)F. The van der Waals surface area contributed by atoms with E-state index in [1.54, 1.807) is 0 Å². The summed E-state index contributed by atoms with van der Waals surface area (Å²) in [5.74, 6) is -155. The number of ether oxygens (including phenoxy) is 1. The van der Waals surface area contributed by atoms with Gasteiger partial charge in [-0.25, -0.2) is 9.18 Å². The van der Waals surface area contributed by atoms with Crippen molar-refractivity contribution in [2.75, 3.05) is 0 Å². The molecular formula is C21H5F33O2. The summed E-state index contributed by atoms with van der Waals surface area (Å²) < 4.78 is 466. The van der Waals surface area contributed by atoms with Gasteiger partial charge in [-0.2, -0.15) is 140 Å². The van der Waals surface area contributed by atoms with Crippen molar-refractivity contribution in [1.82, 2.24) is 0 Å². The molecule has 0 aliphatic heterocycles. The van der Waals surface area contributed by atoms with Crippen LogP contribution in [-0.4, -0.2) is 107 Å². The number of rotatable bonds is 10. The molecule has 35 heteroatoms. The average molecular weight is 916 g/mol. The zero-order valence-corrected chi connectivity index (χ0v) is 24.5. The molecule has 0 atom stereocenters. The van der Waals surface area contributed by atoms with Crippen molar-refractivity contribution in [3.8, 4) is 0 Å². The number of carbonyl (C=O) groups is 1. The molecule has 0 spiro atoms. The molecule has 0 saturated heterocycles. The number of hydrogen-bond acceptors (Lipinski definition) is 2. The molecule has 0 unspecified atom stereocenters. The Morgan fingerprint density at radius 1 is 0.375 bits per heavy atom. The summed E-state index contributed by atoms with van der Waals surface area (Å²) in [4.78, 5) is 10.9. The molecule has 1 fully saturated rings. The fraction of sp³-hybridized carbons (Fsp3) is 0.857. The first-order chi connectivity index (χ1) is 23.6. The number of halogens is 33. The maximum atomic E-state index is 15.2. The largest absolute Gasteiger partial charge is 0.473 e. The van der Waals surface area contributed by atoms with E-state index in [4.69, 9.17) is 0 Å². The van der Waals surface area contributed by atoms with E-state index in [0.717, 1.165) is 0 Å². The van der Waals surface area contributed by atoms with E-state index in [9.17, 15) is 145 Å². The molecule has 1 aliphatic carbocycles. The number of hydrogen-bond donors (Lipinski definition) is 0. The van der Waals surface area contributed by atoms with E-state index < -0.39 is 112 Å². The lowest BCUT2D eigenvalue weighted by Crippen LogP contribution is -2.84. The topological polar surface area (TPSA) is 26.3 Å². The van der Waals surface area contributed by atoms with Crippen LogP contribution >= 0.6 is 0 Å². The van der Waals surface area contributed by atoms with Crippen LogP contribution < -0.4 is 0 Å². The summed E-state index contributed by atoms with van der Waals surface area (Å²) in [5.41, 5.74) is -12.8. The zero-order chi connectivity index (χ0) is 46.4. The third-order valence-electron chi connectivity index (χ3n) is 7.36. The molecule has 0 aromatic rings. The molecule has 0 radical (unpaired) electrons. The molecule has 0 amide bonds. The minimum Gasteiger partial charge on any atom is -0.393 e. The minimum absolute atomic E-state index is 0.0633. The van der Waals surface area contributed by atoms with Crippen molar-refractivity contribution in [2.24, 2.45) is 0 Å². The lowest BCUT2D eigenvalue weighted by Gasteiger charge is -2.50. The second kappa shape index (κ2) is 12.0. The van der Waals surface area contributed by atoms with Gasteiger partial charge in [0.2, 0.25) is 0 Å². The fourth-order valence-corrected chi connectivity index (χ4v) is 3.86. The normalized spacial score (nSPS) is 25.0. The Kier molecular flexibility index (Phi) is 10.9. The van der Waals surface area contributed by atoms with Gasteiger partial charge in [0.15, 0.2) is 0 Å². The van der Waals surface area contributed by atoms with Gasteiger partial charge in [0, 0.05) is 5.57 Å². The number of alkyl halides is 33. The molecular weight excluding hydrogens is 911 g/mol. The van der Waals surface area contributed by atoms with Crippen LogP contribution in [0.25, 0.3) is 0 Å². The average Bonchev–Trinajstić information content (AvgIpc) is 2.98. The lowest BCUT2D eigenvalue weighted by atomic mass is 9.72. The third-order valence-corrected chi connectivity index (χ3v) is 7.36. The maximum Gasteiger partial charge on any atom is 0.473 e. The molecule has 2 nitrogen and oxygen atoms in total. The Labute approximate surface area is 281 Å². The second-order valence-corrected chi connectivity index (χ2v) is 11.0. The zero-order valence-electron chi connectivity index (χ0n) is 24.5. The van der Waals surface area contributed by atoms with Crippen LogP contribution in [0.2, 0.25) is 0 Å². The molecule has 1 rings (SSSR count). The van der Waals surface area contributed by atoms with Crippen LogP contribution in [0, 0.1) is 0 Å². The standard InChI is InChI=1S/C21H5F33O2/c1-3(2)4(55)56-21(53,54)20(51,52)19(49,50)18(47,48)17(45,46)14(39,40)11(33,34)8(27,28)5(22)6(23,24)9(29,30)12(35,36)15(41,42)16(43,44)13(37,38)10(31,32)7(5,25)26/h1H2,2H3. The Balaban J connectivity index is 4.57. The van der Waals surface area contributed by atoms with Crippen molar-refractivity contribution >= 4 is 5.97 Å². The molecule has 0 aromatic heterocycles. The van der Waals surface area contributed by atoms with Gasteiger partial charge in [-0.1, -0.05) is 6.58 Å². The van der Waals surface area contributed by atoms with Gasteiger partial charge in [-0.3, -0.25) is 0 Å². The molecule has 56 heavy (non-hydrogen) atoms. The van der Waals surface area contributed by atoms with E-state index in [0.29, 0.717) is 0 Å². The number of carbonyl (C=O) groups excluding carboxylic acids is 1. The van der Waals surface area contributed by atoms with E-state index in [2.05, 4.69) is 11.3 Å². The van der Waals surface area contributed by atoms with Crippen molar-refractivity contribution in [2.45, 2.75) is 108 Å². The van der Waals surface area contributed by atoms with Gasteiger partial charge in [-0.15, -0.1) is 0 Å². The Morgan fingerprint density at radius 3 is 0.804 bits per heavy atom. The molecule has 332 valence electrons. The third kappa shape index (κ3) is 5.02. The molecule has 0 heterocycles. The minimum atomic E-state index is -11.1. The molecule has 1 aliphatic rings. The molecule has 0 bridgehead atoms. The Hall–Kier alpha value is -3.10. The predicted molar refractivity (Wildman–Crippen MR) is 104 cm³/mol. The van der Waals surface area contributed by atoms with Crippen LogP contribution in [0.15, 0.2) is 12.2 Å². The molecule has 0 N–H and O–H groups in total. The van der Waals surface area contributed by atoms with Crippen molar-refractivity contribution in [3.63, 3.8) is 0 Å². The van der Waals surface area contributed by atoms with Crippen molar-refractivity contribution < 1.29 is 154 Å². The first-order valence-electron chi connectivity index (χ1n) is 12.2. The van der Waals surface area contributed by atoms with Crippen LogP contribution in [-0.2, 0) is 9.53 Å². The molecule has 1 saturated carbocycles. The Morgan fingerprint density at radius 2 is 0.571 bits per heavy atom. The predicted octanol–water partition coefficient (Wildman–Crippen LogP) is 10.9. The fourth-order valence-electron chi connectivity index (χ4n) is 3.86. The quantitative estimate of drug-likeness (QED) is 0.124. The van der Waals surface area contributed by atoms with E-state index in [-0.39, 0.29) is 6.92 Å². The van der Waals surface area contributed by atoms with Crippen LogP contribution in [0.1, 0.15) is 6.92 Å². The summed E-state index contributed by atoms with van der Waals surface area (Å²) in [6.45, 7) is 2.30. The van der Waals surface area contributed by atoms with E-state index in [1.807, 2.05) is 0 Å². The monoisotopic (exact) mass is 916 g/mol. The highest BCUT2D eigenvalue weighted by atomic mass is 19.4. The van der Waals surface area contributed by atoms with Gasteiger partial charge in [0.1, 0.15) is 0 Å². The van der Waals surface area contributed by atoms with E-state index in [1.165, 1.54) is 0 Å². The summed E-state index contributed by atoms with van der Waals surface area (Å²) in [6, 6.07) is 0. The van der Waals surface area contributed by atoms with Crippen LogP contribution in [0.3, 0.4) is 0 Å². The summed E-state index contributed by atoms with van der Waals surface area (Å²) >= 11 is 0.